The number of amides is 1. The predicted octanol–water partition coefficient (Wildman–Crippen LogP) is 0.756. The first kappa shape index (κ1) is 17.7. The lowest BCUT2D eigenvalue weighted by molar-refractivity contribution is -0.131. The number of piperazine rings is 1. The van der Waals surface area contributed by atoms with Crippen LogP contribution >= 0.6 is 0 Å². The van der Waals surface area contributed by atoms with Crippen LogP contribution in [0.5, 0.6) is 0 Å². The van der Waals surface area contributed by atoms with Crippen molar-refractivity contribution >= 4 is 21.6 Å². The summed E-state index contributed by atoms with van der Waals surface area (Å²) < 4.78 is 38.3. The number of hydrogen-bond donors (Lipinski definition) is 0. The van der Waals surface area contributed by atoms with E-state index in [0.29, 0.717) is 13.1 Å². The van der Waals surface area contributed by atoms with Crippen LogP contribution in [-0.2, 0) is 14.8 Å². The topological polar surface area (TPSA) is 60.9 Å². The first-order valence-corrected chi connectivity index (χ1v) is 9.39. The van der Waals surface area contributed by atoms with Gasteiger partial charge >= 0.3 is 0 Å². The maximum Gasteiger partial charge on any atom is 0.243 e. The van der Waals surface area contributed by atoms with E-state index in [1.165, 1.54) is 18.2 Å². The Morgan fingerprint density at radius 2 is 1.91 bits per heavy atom. The van der Waals surface area contributed by atoms with Gasteiger partial charge in [0.05, 0.1) is 11.9 Å². The molecule has 0 spiro atoms. The van der Waals surface area contributed by atoms with Gasteiger partial charge in [-0.2, -0.15) is 0 Å². The number of benzene rings is 1. The molecule has 1 fully saturated rings. The van der Waals surface area contributed by atoms with Crippen molar-refractivity contribution < 1.29 is 17.6 Å². The molecule has 128 valence electrons. The van der Waals surface area contributed by atoms with Crippen molar-refractivity contribution in [2.45, 2.75) is 6.92 Å². The monoisotopic (exact) mass is 343 g/mol. The molecule has 0 radical (unpaired) electrons. The molecule has 0 atom stereocenters. The fourth-order valence-electron chi connectivity index (χ4n) is 2.57. The van der Waals surface area contributed by atoms with E-state index in [4.69, 9.17) is 0 Å². The molecule has 0 aromatic heterocycles. The Kier molecular flexibility index (Phi) is 5.59. The summed E-state index contributed by atoms with van der Waals surface area (Å²) in [4.78, 5) is 16.3. The van der Waals surface area contributed by atoms with Crippen LogP contribution in [0.4, 0.5) is 10.1 Å². The van der Waals surface area contributed by atoms with Crippen molar-refractivity contribution in [3.05, 3.63) is 30.1 Å². The van der Waals surface area contributed by atoms with E-state index in [-0.39, 0.29) is 18.1 Å². The first-order valence-electron chi connectivity index (χ1n) is 7.54. The Hall–Kier alpha value is -1.67. The van der Waals surface area contributed by atoms with Crippen molar-refractivity contribution in [1.82, 2.24) is 9.80 Å². The third-order valence-corrected chi connectivity index (χ3v) is 5.09. The summed E-state index contributed by atoms with van der Waals surface area (Å²) in [6, 6.07) is 5.25. The fourth-order valence-corrected chi connectivity index (χ4v) is 3.41. The van der Waals surface area contributed by atoms with Crippen LogP contribution in [0, 0.1) is 5.82 Å². The van der Waals surface area contributed by atoms with Gasteiger partial charge in [-0.1, -0.05) is 13.0 Å². The van der Waals surface area contributed by atoms with Gasteiger partial charge in [-0.15, -0.1) is 0 Å². The van der Waals surface area contributed by atoms with E-state index in [0.717, 1.165) is 36.3 Å². The van der Waals surface area contributed by atoms with Crippen molar-refractivity contribution in [3.63, 3.8) is 0 Å². The molecular weight excluding hydrogens is 321 g/mol. The summed E-state index contributed by atoms with van der Waals surface area (Å²) in [5.41, 5.74) is 0.160. The number of likely N-dealkylation sites (N-methyl/N-ethyl adjacent to an activating group) is 1. The molecule has 1 aromatic rings. The van der Waals surface area contributed by atoms with Gasteiger partial charge < -0.3 is 9.80 Å². The molecule has 0 unspecified atom stereocenters. The van der Waals surface area contributed by atoms with Crippen LogP contribution < -0.4 is 4.31 Å². The first-order chi connectivity index (χ1) is 10.8. The zero-order valence-electron chi connectivity index (χ0n) is 13.4. The van der Waals surface area contributed by atoms with Crippen LogP contribution in [-0.4, -0.2) is 69.6 Å². The quantitative estimate of drug-likeness (QED) is 0.792. The minimum atomic E-state index is -3.68. The molecule has 2 rings (SSSR count). The minimum Gasteiger partial charge on any atom is -0.339 e. The number of anilines is 1. The van der Waals surface area contributed by atoms with Gasteiger partial charge in [-0.3, -0.25) is 9.10 Å². The molecule has 23 heavy (non-hydrogen) atoms. The maximum absolute atomic E-state index is 13.4. The lowest BCUT2D eigenvalue weighted by atomic mass is 10.3. The highest BCUT2D eigenvalue weighted by molar-refractivity contribution is 7.92. The third-order valence-electron chi connectivity index (χ3n) is 3.95. The highest BCUT2D eigenvalue weighted by Crippen LogP contribution is 2.19. The van der Waals surface area contributed by atoms with Crippen LogP contribution in [0.1, 0.15) is 6.92 Å². The summed E-state index contributed by atoms with van der Waals surface area (Å²) in [5.74, 6) is -0.810. The molecule has 1 aromatic carbocycles. The largest absolute Gasteiger partial charge is 0.339 e. The molecule has 1 saturated heterocycles. The lowest BCUT2D eigenvalue weighted by Crippen LogP contribution is -2.51. The minimum absolute atomic E-state index is 0.160. The maximum atomic E-state index is 13.4. The van der Waals surface area contributed by atoms with Gasteiger partial charge in [-0.25, -0.2) is 12.8 Å². The van der Waals surface area contributed by atoms with Crippen LogP contribution in [0.25, 0.3) is 0 Å². The second-order valence-electron chi connectivity index (χ2n) is 5.56. The number of nitrogens with zero attached hydrogens (tertiary/aromatic N) is 3. The second kappa shape index (κ2) is 7.27. The number of carbonyl (C=O) groups is 1. The molecule has 8 heteroatoms. The van der Waals surface area contributed by atoms with Crippen LogP contribution in [0.3, 0.4) is 0 Å². The van der Waals surface area contributed by atoms with Crippen molar-refractivity contribution in [2.24, 2.45) is 0 Å². The lowest BCUT2D eigenvalue weighted by Gasteiger charge is -2.35. The van der Waals surface area contributed by atoms with Gasteiger partial charge in [0.25, 0.3) is 0 Å². The summed E-state index contributed by atoms with van der Waals surface area (Å²) in [5, 5.41) is 0. The molecular formula is C15H22FN3O3S. The molecule has 0 bridgehead atoms. The standard InChI is InChI=1S/C15H22FN3O3S/c1-3-17-7-9-18(10-8-17)15(20)12-19(23(2,21)22)14-6-4-5-13(16)11-14/h4-6,11H,3,7-10,12H2,1-2H3. The molecule has 6 nitrogen and oxygen atoms in total. The summed E-state index contributed by atoms with van der Waals surface area (Å²) in [7, 11) is -3.68. The molecule has 0 N–H and O–H groups in total. The zero-order chi connectivity index (χ0) is 17.0. The number of carbonyl (C=O) groups excluding carboxylic acids is 1. The Balaban J connectivity index is 2.11. The summed E-state index contributed by atoms with van der Waals surface area (Å²) in [6.07, 6.45) is 1.01. The van der Waals surface area contributed by atoms with Gasteiger partial charge in [0, 0.05) is 26.2 Å². The summed E-state index contributed by atoms with van der Waals surface area (Å²) in [6.45, 7) is 5.39. The number of rotatable bonds is 5. The van der Waals surface area contributed by atoms with Gasteiger partial charge in [-0.05, 0) is 24.7 Å². The van der Waals surface area contributed by atoms with E-state index >= 15 is 0 Å². The number of hydrogen-bond acceptors (Lipinski definition) is 4. The molecule has 1 heterocycles. The number of sulfonamides is 1. The van der Waals surface area contributed by atoms with E-state index < -0.39 is 15.8 Å². The van der Waals surface area contributed by atoms with Gasteiger partial charge in [0.15, 0.2) is 0 Å². The Labute approximate surface area is 136 Å². The molecule has 0 saturated carbocycles. The molecule has 0 aliphatic carbocycles. The van der Waals surface area contributed by atoms with Crippen LogP contribution in [0.15, 0.2) is 24.3 Å². The Morgan fingerprint density at radius 3 is 2.43 bits per heavy atom. The van der Waals surface area contributed by atoms with Gasteiger partial charge in [0.2, 0.25) is 15.9 Å². The normalized spacial score (nSPS) is 16.4. The second-order valence-corrected chi connectivity index (χ2v) is 7.47. The highest BCUT2D eigenvalue weighted by Gasteiger charge is 2.26. The van der Waals surface area contributed by atoms with Crippen molar-refractivity contribution in [3.8, 4) is 0 Å². The zero-order valence-corrected chi connectivity index (χ0v) is 14.2. The average molecular weight is 343 g/mol. The summed E-state index contributed by atoms with van der Waals surface area (Å²) >= 11 is 0. The molecule has 1 aliphatic heterocycles. The SMILES string of the molecule is CCN1CCN(C(=O)CN(c2cccc(F)c2)S(C)(=O)=O)CC1. The van der Waals surface area contributed by atoms with Crippen molar-refractivity contribution in [1.29, 1.82) is 0 Å². The predicted molar refractivity (Wildman–Crippen MR) is 87.3 cm³/mol. The molecule has 1 amide bonds. The van der Waals surface area contributed by atoms with E-state index in [1.807, 2.05) is 0 Å². The van der Waals surface area contributed by atoms with E-state index in [2.05, 4.69) is 11.8 Å². The highest BCUT2D eigenvalue weighted by atomic mass is 32.2. The smallest absolute Gasteiger partial charge is 0.243 e. The third kappa shape index (κ3) is 4.65. The Bertz CT molecular complexity index is 658. The van der Waals surface area contributed by atoms with Crippen LogP contribution in [0.2, 0.25) is 0 Å². The Morgan fingerprint density at radius 1 is 1.26 bits per heavy atom. The van der Waals surface area contributed by atoms with E-state index in [9.17, 15) is 17.6 Å². The number of halogens is 1. The molecule has 1 aliphatic rings. The fraction of sp³-hybridized carbons (Fsp3) is 0.533. The van der Waals surface area contributed by atoms with Crippen molar-refractivity contribution in [2.75, 3.05) is 49.8 Å². The van der Waals surface area contributed by atoms with Gasteiger partial charge in [0.1, 0.15) is 12.4 Å². The average Bonchev–Trinajstić information content (AvgIpc) is 2.51. The van der Waals surface area contributed by atoms with E-state index in [1.54, 1.807) is 4.90 Å².